The molecule has 2 saturated heterocycles. The van der Waals surface area contributed by atoms with E-state index >= 15 is 0 Å². The minimum atomic E-state index is -0.237. The van der Waals surface area contributed by atoms with Crippen LogP contribution in [0.15, 0.2) is 0 Å². The van der Waals surface area contributed by atoms with Gasteiger partial charge in [-0.3, -0.25) is 0 Å². The molecule has 1 spiro atoms. The zero-order valence-corrected chi connectivity index (χ0v) is 9.58. The molecule has 2 rings (SSSR count). The van der Waals surface area contributed by atoms with E-state index in [2.05, 4.69) is 19.2 Å². The van der Waals surface area contributed by atoms with Crippen LogP contribution >= 0.6 is 0 Å². The Balaban J connectivity index is 2.04. The maximum absolute atomic E-state index is 11.7. The van der Waals surface area contributed by atoms with Gasteiger partial charge in [-0.05, 0) is 32.7 Å². The highest BCUT2D eigenvalue weighted by molar-refractivity contribution is 5.71. The average molecular weight is 212 g/mol. The molecule has 0 aromatic carbocycles. The largest absolute Gasteiger partial charge is 0.440 e. The number of hydrogen-bond donors (Lipinski definition) is 1. The van der Waals surface area contributed by atoms with Gasteiger partial charge in [-0.1, -0.05) is 6.92 Å². The van der Waals surface area contributed by atoms with E-state index in [1.807, 2.05) is 4.90 Å². The summed E-state index contributed by atoms with van der Waals surface area (Å²) in [6.45, 7) is 6.79. The van der Waals surface area contributed by atoms with E-state index in [9.17, 15) is 4.79 Å². The Morgan fingerprint density at radius 1 is 1.67 bits per heavy atom. The second-order valence-corrected chi connectivity index (χ2v) is 4.72. The third-order valence-electron chi connectivity index (χ3n) is 3.55. The molecule has 0 aromatic rings. The zero-order chi connectivity index (χ0) is 10.9. The summed E-state index contributed by atoms with van der Waals surface area (Å²) in [5, 5.41) is 3.31. The van der Waals surface area contributed by atoms with Gasteiger partial charge in [-0.2, -0.15) is 0 Å². The average Bonchev–Trinajstić information content (AvgIpc) is 2.55. The molecular weight excluding hydrogens is 192 g/mol. The molecule has 0 bridgehead atoms. The SMILES string of the molecule is CCC(C)N1CC2(CCCNC2)OC1=O. The van der Waals surface area contributed by atoms with E-state index in [1.165, 1.54) is 0 Å². The fraction of sp³-hybridized carbons (Fsp3) is 0.909. The molecule has 2 atom stereocenters. The fourth-order valence-corrected chi connectivity index (χ4v) is 2.37. The van der Waals surface area contributed by atoms with Crippen LogP contribution in [0.1, 0.15) is 33.1 Å². The standard InChI is InChI=1S/C11H20N2O2/c1-3-9(2)13-8-11(15-10(13)14)5-4-6-12-7-11/h9,12H,3-8H2,1-2H3. The van der Waals surface area contributed by atoms with Gasteiger partial charge in [0, 0.05) is 12.6 Å². The minimum Gasteiger partial charge on any atom is -0.440 e. The van der Waals surface area contributed by atoms with Gasteiger partial charge in [0.25, 0.3) is 0 Å². The van der Waals surface area contributed by atoms with Gasteiger partial charge in [-0.15, -0.1) is 0 Å². The van der Waals surface area contributed by atoms with Crippen molar-refractivity contribution in [3.63, 3.8) is 0 Å². The lowest BCUT2D eigenvalue weighted by atomic mass is 9.94. The molecule has 1 N–H and O–H groups in total. The lowest BCUT2D eigenvalue weighted by Crippen LogP contribution is -2.49. The fourth-order valence-electron chi connectivity index (χ4n) is 2.37. The highest BCUT2D eigenvalue weighted by Crippen LogP contribution is 2.30. The number of amides is 1. The third-order valence-corrected chi connectivity index (χ3v) is 3.55. The molecule has 1 amide bonds. The smallest absolute Gasteiger partial charge is 0.410 e. The van der Waals surface area contributed by atoms with Crippen LogP contribution in [0.25, 0.3) is 0 Å². The van der Waals surface area contributed by atoms with Gasteiger partial charge in [0.15, 0.2) is 0 Å². The van der Waals surface area contributed by atoms with E-state index in [1.54, 1.807) is 0 Å². The number of carbonyl (C=O) groups is 1. The van der Waals surface area contributed by atoms with Gasteiger partial charge in [0.2, 0.25) is 0 Å². The molecule has 0 aliphatic carbocycles. The zero-order valence-electron chi connectivity index (χ0n) is 9.58. The van der Waals surface area contributed by atoms with Crippen molar-refractivity contribution in [3.8, 4) is 0 Å². The maximum Gasteiger partial charge on any atom is 0.410 e. The molecule has 2 unspecified atom stereocenters. The molecule has 0 saturated carbocycles. The Morgan fingerprint density at radius 3 is 3.07 bits per heavy atom. The Bertz CT molecular complexity index is 249. The van der Waals surface area contributed by atoms with E-state index < -0.39 is 0 Å². The Morgan fingerprint density at radius 2 is 2.47 bits per heavy atom. The van der Waals surface area contributed by atoms with Crippen LogP contribution in [0.2, 0.25) is 0 Å². The first-order chi connectivity index (χ1) is 7.17. The predicted octanol–water partition coefficient (Wildman–Crippen LogP) is 1.36. The van der Waals surface area contributed by atoms with E-state index in [0.29, 0.717) is 6.04 Å². The minimum absolute atomic E-state index is 0.131. The van der Waals surface area contributed by atoms with E-state index in [4.69, 9.17) is 4.74 Å². The topological polar surface area (TPSA) is 41.6 Å². The highest BCUT2D eigenvalue weighted by Gasteiger charge is 2.46. The molecule has 86 valence electrons. The Labute approximate surface area is 91.0 Å². The van der Waals surface area contributed by atoms with Crippen molar-refractivity contribution < 1.29 is 9.53 Å². The number of ether oxygens (including phenoxy) is 1. The van der Waals surface area contributed by atoms with Crippen molar-refractivity contribution in [2.75, 3.05) is 19.6 Å². The molecule has 2 aliphatic rings. The van der Waals surface area contributed by atoms with Crippen LogP contribution < -0.4 is 5.32 Å². The maximum atomic E-state index is 11.7. The summed E-state index contributed by atoms with van der Waals surface area (Å²) in [4.78, 5) is 13.6. The molecule has 2 aliphatic heterocycles. The van der Waals surface area contributed by atoms with Crippen molar-refractivity contribution in [1.82, 2.24) is 10.2 Å². The normalized spacial score (nSPS) is 33.2. The monoisotopic (exact) mass is 212 g/mol. The van der Waals surface area contributed by atoms with Crippen LogP contribution in [-0.2, 0) is 4.74 Å². The number of piperidine rings is 1. The van der Waals surface area contributed by atoms with Crippen molar-refractivity contribution >= 4 is 6.09 Å². The number of rotatable bonds is 2. The summed E-state index contributed by atoms with van der Waals surface area (Å²) < 4.78 is 5.55. The van der Waals surface area contributed by atoms with Gasteiger partial charge < -0.3 is 15.0 Å². The molecule has 4 nitrogen and oxygen atoms in total. The van der Waals surface area contributed by atoms with Gasteiger partial charge in [0.05, 0.1) is 6.54 Å². The molecular formula is C11H20N2O2. The second kappa shape index (κ2) is 4.00. The predicted molar refractivity (Wildman–Crippen MR) is 57.8 cm³/mol. The molecule has 0 aromatic heterocycles. The summed E-state index contributed by atoms with van der Waals surface area (Å²) >= 11 is 0. The summed E-state index contributed by atoms with van der Waals surface area (Å²) in [7, 11) is 0. The molecule has 4 heteroatoms. The first-order valence-corrected chi connectivity index (χ1v) is 5.87. The number of hydrogen-bond acceptors (Lipinski definition) is 3. The van der Waals surface area contributed by atoms with Gasteiger partial charge >= 0.3 is 6.09 Å². The summed E-state index contributed by atoms with van der Waals surface area (Å²) in [6.07, 6.45) is 2.95. The van der Waals surface area contributed by atoms with Crippen LogP contribution in [-0.4, -0.2) is 42.3 Å². The summed E-state index contributed by atoms with van der Waals surface area (Å²) in [6, 6.07) is 0.291. The lowest BCUT2D eigenvalue weighted by molar-refractivity contribution is 0.0366. The Hall–Kier alpha value is -0.770. The molecule has 0 radical (unpaired) electrons. The van der Waals surface area contributed by atoms with Crippen molar-refractivity contribution in [2.45, 2.75) is 44.8 Å². The Kier molecular flexibility index (Phi) is 2.87. The van der Waals surface area contributed by atoms with Crippen molar-refractivity contribution in [3.05, 3.63) is 0 Å². The van der Waals surface area contributed by atoms with Crippen LogP contribution in [0, 0.1) is 0 Å². The van der Waals surface area contributed by atoms with E-state index in [0.717, 1.165) is 38.9 Å². The number of nitrogens with zero attached hydrogens (tertiary/aromatic N) is 1. The lowest BCUT2D eigenvalue weighted by Gasteiger charge is -2.31. The second-order valence-electron chi connectivity index (χ2n) is 4.72. The quantitative estimate of drug-likeness (QED) is 0.751. The summed E-state index contributed by atoms with van der Waals surface area (Å²) in [5.74, 6) is 0. The highest BCUT2D eigenvalue weighted by atomic mass is 16.6. The van der Waals surface area contributed by atoms with Crippen molar-refractivity contribution in [2.24, 2.45) is 0 Å². The first-order valence-electron chi connectivity index (χ1n) is 5.87. The van der Waals surface area contributed by atoms with E-state index in [-0.39, 0.29) is 11.7 Å². The summed E-state index contributed by atoms with van der Waals surface area (Å²) in [5.41, 5.74) is -0.237. The van der Waals surface area contributed by atoms with Crippen LogP contribution in [0.5, 0.6) is 0 Å². The third kappa shape index (κ3) is 1.95. The van der Waals surface area contributed by atoms with Crippen molar-refractivity contribution in [1.29, 1.82) is 0 Å². The molecule has 2 heterocycles. The van der Waals surface area contributed by atoms with Crippen LogP contribution in [0.3, 0.4) is 0 Å². The van der Waals surface area contributed by atoms with Gasteiger partial charge in [0.1, 0.15) is 5.60 Å². The number of nitrogens with one attached hydrogen (secondary N) is 1. The molecule has 15 heavy (non-hydrogen) atoms. The number of carbonyl (C=O) groups excluding carboxylic acids is 1. The molecule has 2 fully saturated rings. The van der Waals surface area contributed by atoms with Gasteiger partial charge in [-0.25, -0.2) is 4.79 Å². The first kappa shape index (κ1) is 10.7. The van der Waals surface area contributed by atoms with Crippen LogP contribution in [0.4, 0.5) is 4.79 Å².